The van der Waals surface area contributed by atoms with Gasteiger partial charge in [0.15, 0.2) is 0 Å². The number of aromatic nitrogens is 2. The van der Waals surface area contributed by atoms with Gasteiger partial charge in [-0.25, -0.2) is 4.68 Å². The summed E-state index contributed by atoms with van der Waals surface area (Å²) in [4.78, 5) is 16.0. The molecule has 0 unspecified atom stereocenters. The van der Waals surface area contributed by atoms with Crippen molar-refractivity contribution in [3.05, 3.63) is 45.9 Å². The summed E-state index contributed by atoms with van der Waals surface area (Å²) in [5, 5.41) is 6.25. The maximum Gasteiger partial charge on any atom is 0.264 e. The van der Waals surface area contributed by atoms with Crippen LogP contribution in [-0.4, -0.2) is 33.7 Å². The summed E-state index contributed by atoms with van der Waals surface area (Å²) in [6.45, 7) is 3.69. The Morgan fingerprint density at radius 3 is 2.77 bits per heavy atom. The number of carbonyl (C=O) groups is 1. The average molecular weight is 332 g/mol. The minimum absolute atomic E-state index is 0.123. The second-order valence-electron chi connectivity index (χ2n) is 5.42. The van der Waals surface area contributed by atoms with Gasteiger partial charge >= 0.3 is 0 Å². The van der Waals surface area contributed by atoms with Crippen LogP contribution in [0.25, 0.3) is 15.9 Å². The molecular formula is C16H14ClN3OS. The molecule has 3 aromatic rings. The molecule has 0 bridgehead atoms. The Bertz CT molecular complexity index is 879. The lowest BCUT2D eigenvalue weighted by atomic mass is 10.2. The third-order valence-electron chi connectivity index (χ3n) is 3.98. The normalized spacial score (nSPS) is 14.4. The number of amides is 1. The molecule has 2 aromatic heterocycles. The predicted octanol–water partition coefficient (Wildman–Crippen LogP) is 3.89. The van der Waals surface area contributed by atoms with Crippen LogP contribution in [0.3, 0.4) is 0 Å². The molecule has 22 heavy (non-hydrogen) atoms. The van der Waals surface area contributed by atoms with Crippen LogP contribution >= 0.6 is 22.9 Å². The quantitative estimate of drug-likeness (QED) is 0.714. The molecule has 1 aliphatic rings. The first-order valence-electron chi connectivity index (χ1n) is 7.18. The van der Waals surface area contributed by atoms with E-state index in [2.05, 4.69) is 5.10 Å². The number of thiophene rings is 1. The zero-order valence-corrected chi connectivity index (χ0v) is 13.6. The van der Waals surface area contributed by atoms with E-state index in [1.54, 1.807) is 0 Å². The van der Waals surface area contributed by atoms with E-state index in [1.807, 2.05) is 46.8 Å². The molecule has 0 saturated carbocycles. The lowest BCUT2D eigenvalue weighted by Gasteiger charge is -2.30. The first-order valence-corrected chi connectivity index (χ1v) is 8.38. The fourth-order valence-corrected chi connectivity index (χ4v) is 3.97. The molecule has 0 aliphatic carbocycles. The maximum absolute atomic E-state index is 12.4. The van der Waals surface area contributed by atoms with Crippen molar-refractivity contribution >= 4 is 39.1 Å². The van der Waals surface area contributed by atoms with Crippen molar-refractivity contribution < 1.29 is 4.79 Å². The van der Waals surface area contributed by atoms with Crippen molar-refractivity contribution in [2.24, 2.45) is 0 Å². The molecule has 1 aromatic carbocycles. The Balaban J connectivity index is 1.85. The van der Waals surface area contributed by atoms with Crippen molar-refractivity contribution in [2.75, 3.05) is 13.1 Å². The molecule has 0 N–H and O–H groups in total. The Hall–Kier alpha value is -1.85. The van der Waals surface area contributed by atoms with Gasteiger partial charge in [0, 0.05) is 18.5 Å². The number of para-hydroxylation sites is 1. The highest BCUT2D eigenvalue weighted by Crippen LogP contribution is 2.33. The fraction of sp³-hybridized carbons (Fsp3) is 0.250. The minimum atomic E-state index is 0.123. The number of hydrogen-bond acceptors (Lipinski definition) is 3. The first-order chi connectivity index (χ1) is 10.6. The molecule has 1 aliphatic heterocycles. The summed E-state index contributed by atoms with van der Waals surface area (Å²) in [6.07, 6.45) is 1.10. The third-order valence-corrected chi connectivity index (χ3v) is 5.40. The van der Waals surface area contributed by atoms with Gasteiger partial charge in [-0.05, 0) is 31.5 Å². The molecule has 6 heteroatoms. The highest BCUT2D eigenvalue weighted by Gasteiger charge is 2.25. The highest BCUT2D eigenvalue weighted by atomic mass is 35.5. The molecule has 0 radical (unpaired) electrons. The Labute approximate surface area is 136 Å². The van der Waals surface area contributed by atoms with Gasteiger partial charge in [-0.1, -0.05) is 23.7 Å². The molecule has 0 atom stereocenters. The molecule has 4 nitrogen and oxygen atoms in total. The highest BCUT2D eigenvalue weighted by molar-refractivity contribution is 7.20. The van der Waals surface area contributed by atoms with Crippen LogP contribution in [0.4, 0.5) is 0 Å². The van der Waals surface area contributed by atoms with Crippen LogP contribution in [-0.2, 0) is 0 Å². The van der Waals surface area contributed by atoms with Crippen molar-refractivity contribution in [2.45, 2.75) is 13.3 Å². The summed E-state index contributed by atoms with van der Waals surface area (Å²) in [7, 11) is 0. The van der Waals surface area contributed by atoms with Gasteiger partial charge in [-0.2, -0.15) is 5.10 Å². The summed E-state index contributed by atoms with van der Waals surface area (Å²) < 4.78 is 1.84. The van der Waals surface area contributed by atoms with Gasteiger partial charge in [0.05, 0.1) is 21.3 Å². The van der Waals surface area contributed by atoms with E-state index in [9.17, 15) is 4.79 Å². The zero-order chi connectivity index (χ0) is 15.3. The van der Waals surface area contributed by atoms with Crippen LogP contribution < -0.4 is 0 Å². The van der Waals surface area contributed by atoms with Crippen molar-refractivity contribution in [3.63, 3.8) is 0 Å². The molecule has 4 rings (SSSR count). The van der Waals surface area contributed by atoms with Crippen molar-refractivity contribution in [1.29, 1.82) is 0 Å². The van der Waals surface area contributed by atoms with Gasteiger partial charge in [-0.15, -0.1) is 11.3 Å². The monoisotopic (exact) mass is 331 g/mol. The van der Waals surface area contributed by atoms with Crippen LogP contribution in [0.2, 0.25) is 5.02 Å². The predicted molar refractivity (Wildman–Crippen MR) is 89.2 cm³/mol. The average Bonchev–Trinajstić information content (AvgIpc) is 2.99. The molecule has 1 amide bonds. The zero-order valence-electron chi connectivity index (χ0n) is 12.0. The molecule has 1 saturated heterocycles. The fourth-order valence-electron chi connectivity index (χ4n) is 2.61. The van der Waals surface area contributed by atoms with Gasteiger partial charge in [-0.3, -0.25) is 4.79 Å². The number of likely N-dealkylation sites (tertiary alicyclic amines) is 1. The van der Waals surface area contributed by atoms with Crippen LogP contribution in [0, 0.1) is 6.92 Å². The number of benzene rings is 1. The van der Waals surface area contributed by atoms with Gasteiger partial charge < -0.3 is 4.90 Å². The second kappa shape index (κ2) is 5.11. The Kier molecular flexibility index (Phi) is 3.20. The molecular weight excluding hydrogens is 318 g/mol. The van der Waals surface area contributed by atoms with Crippen molar-refractivity contribution in [3.8, 4) is 5.69 Å². The number of aryl methyl sites for hydroxylation is 1. The number of hydrogen-bond donors (Lipinski definition) is 0. The van der Waals surface area contributed by atoms with Crippen LogP contribution in [0.15, 0.2) is 30.3 Å². The second-order valence-corrected chi connectivity index (χ2v) is 6.86. The van der Waals surface area contributed by atoms with Gasteiger partial charge in [0.25, 0.3) is 5.91 Å². The molecule has 3 heterocycles. The van der Waals surface area contributed by atoms with Gasteiger partial charge in [0.2, 0.25) is 0 Å². The van der Waals surface area contributed by atoms with E-state index in [1.165, 1.54) is 11.3 Å². The van der Waals surface area contributed by atoms with E-state index < -0.39 is 0 Å². The third kappa shape index (κ3) is 2.04. The molecule has 112 valence electrons. The lowest BCUT2D eigenvalue weighted by molar-refractivity contribution is 0.0657. The maximum atomic E-state index is 12.4. The van der Waals surface area contributed by atoms with Crippen LogP contribution in [0.5, 0.6) is 0 Å². The summed E-state index contributed by atoms with van der Waals surface area (Å²) in [6, 6.07) is 9.57. The Morgan fingerprint density at radius 2 is 2.09 bits per heavy atom. The number of rotatable bonds is 2. The number of halogens is 1. The Morgan fingerprint density at radius 1 is 1.32 bits per heavy atom. The summed E-state index contributed by atoms with van der Waals surface area (Å²) >= 11 is 7.77. The topological polar surface area (TPSA) is 38.1 Å². The summed E-state index contributed by atoms with van der Waals surface area (Å²) in [5.41, 5.74) is 1.75. The van der Waals surface area contributed by atoms with E-state index in [0.29, 0.717) is 5.02 Å². The van der Waals surface area contributed by atoms with E-state index >= 15 is 0 Å². The first kappa shape index (κ1) is 13.8. The minimum Gasteiger partial charge on any atom is -0.338 e. The largest absolute Gasteiger partial charge is 0.338 e. The number of nitrogens with zero attached hydrogens (tertiary/aromatic N) is 3. The number of fused-ring (bicyclic) bond motifs is 1. The number of carbonyl (C=O) groups excluding carboxylic acids is 1. The SMILES string of the molecule is Cc1nn(-c2ccccc2Cl)c2sc(C(=O)N3CCC3)cc12. The van der Waals surface area contributed by atoms with Crippen LogP contribution in [0.1, 0.15) is 21.8 Å². The standard InChI is InChI=1S/C16H14ClN3OS/c1-10-11-9-14(15(21)19-7-4-8-19)22-16(11)20(18-10)13-6-3-2-5-12(13)17/h2-3,5-6,9H,4,7-8H2,1H3. The smallest absolute Gasteiger partial charge is 0.264 e. The van der Waals surface area contributed by atoms with Crippen molar-refractivity contribution in [1.82, 2.24) is 14.7 Å². The van der Waals surface area contributed by atoms with E-state index in [4.69, 9.17) is 11.6 Å². The molecule has 0 spiro atoms. The lowest BCUT2D eigenvalue weighted by Crippen LogP contribution is -2.41. The summed E-state index contributed by atoms with van der Waals surface area (Å²) in [5.74, 6) is 0.123. The van der Waals surface area contributed by atoms with E-state index in [-0.39, 0.29) is 5.91 Å². The van der Waals surface area contributed by atoms with E-state index in [0.717, 1.165) is 46.0 Å². The van der Waals surface area contributed by atoms with Gasteiger partial charge in [0.1, 0.15) is 4.83 Å². The molecule has 1 fully saturated rings.